The van der Waals surface area contributed by atoms with Gasteiger partial charge in [-0.05, 0) is 87.8 Å². The number of hydrogen-bond donors (Lipinski definition) is 0. The van der Waals surface area contributed by atoms with E-state index >= 15 is 0 Å². The maximum atomic E-state index is 7.91. The molecule has 4 rings (SSSR count). The second-order valence-electron chi connectivity index (χ2n) is 10.4. The summed E-state index contributed by atoms with van der Waals surface area (Å²) in [6.45, 7) is 4.18. The van der Waals surface area contributed by atoms with E-state index in [1.54, 1.807) is 0 Å². The molecule has 0 saturated heterocycles. The predicted molar refractivity (Wildman–Crippen MR) is 143 cm³/mol. The van der Waals surface area contributed by atoms with Crippen LogP contribution in [0.3, 0.4) is 0 Å². The van der Waals surface area contributed by atoms with Crippen LogP contribution in [0.25, 0.3) is 6.08 Å². The van der Waals surface area contributed by atoms with Crippen LogP contribution in [-0.4, -0.2) is 27.4 Å². The molecule has 3 aliphatic rings. The molecule has 184 valence electrons. The van der Waals surface area contributed by atoms with Gasteiger partial charge in [0, 0.05) is 5.56 Å². The van der Waals surface area contributed by atoms with E-state index < -0.39 is 0 Å². The van der Waals surface area contributed by atoms with Gasteiger partial charge in [-0.15, -0.1) is 23.2 Å². The van der Waals surface area contributed by atoms with Crippen LogP contribution in [0.2, 0.25) is 0 Å². The summed E-state index contributed by atoms with van der Waals surface area (Å²) in [4.78, 5) is 0. The van der Waals surface area contributed by atoms with Crippen molar-refractivity contribution >= 4 is 37.2 Å². The number of hydrogen-bond acceptors (Lipinski definition) is 1. The van der Waals surface area contributed by atoms with E-state index in [1.807, 2.05) is 0 Å². The Hall–Kier alpha value is 0.393. The summed E-state index contributed by atoms with van der Waals surface area (Å²) in [6.07, 6.45) is 19.6. The predicted octanol–water partition coefficient (Wildman–Crippen LogP) is 9.73. The molecule has 0 bridgehead atoms. The summed E-state index contributed by atoms with van der Waals surface area (Å²) < 4.78 is 5.90. The minimum absolute atomic E-state index is 0. The van der Waals surface area contributed by atoms with Gasteiger partial charge in [0.25, 0.3) is 0 Å². The van der Waals surface area contributed by atoms with Crippen molar-refractivity contribution < 1.29 is 24.2 Å². The number of allylic oxidation sites excluding steroid dienone is 1. The molecule has 0 amide bonds. The molecular weight excluding hydrogens is 555 g/mol. The Morgan fingerprint density at radius 2 is 1.48 bits per heavy atom. The Morgan fingerprint density at radius 3 is 2.06 bits per heavy atom. The van der Waals surface area contributed by atoms with Gasteiger partial charge in [-0.2, -0.15) is 0 Å². The molecule has 5 heteroatoms. The molecule has 1 aromatic carbocycles. The van der Waals surface area contributed by atoms with E-state index in [9.17, 15) is 0 Å². The number of alkyl halides is 2. The molecule has 33 heavy (non-hydrogen) atoms. The van der Waals surface area contributed by atoms with Gasteiger partial charge in [0.2, 0.25) is 0 Å². The molecule has 0 N–H and O–H groups in total. The smallest absolute Gasteiger partial charge is 0.490 e. The SMILES string of the molecule is CC(C)Oc1ccccc1C=C1C(Cl)CCCC1(Cl)P(C1CCCCC1)C1CCCCC1.[Ru+2]. The molecule has 3 aliphatic carbocycles. The van der Waals surface area contributed by atoms with Crippen molar-refractivity contribution in [3.05, 3.63) is 35.4 Å². The summed E-state index contributed by atoms with van der Waals surface area (Å²) in [7, 11) is -0.314. The first-order valence-electron chi connectivity index (χ1n) is 13.1. The fourth-order valence-electron chi connectivity index (χ4n) is 6.26. The van der Waals surface area contributed by atoms with Crippen molar-refractivity contribution in [1.82, 2.24) is 0 Å². The quantitative estimate of drug-likeness (QED) is 0.181. The minimum Gasteiger partial charge on any atom is -0.490 e. The number of rotatable bonds is 6. The summed E-state index contributed by atoms with van der Waals surface area (Å²) in [5.41, 5.74) is 4.06. The monoisotopic (exact) mass is 596 g/mol. The zero-order valence-electron chi connectivity index (χ0n) is 20.4. The average Bonchev–Trinajstić information content (AvgIpc) is 2.79. The summed E-state index contributed by atoms with van der Waals surface area (Å²) in [5.74, 6) is 0.947. The zero-order valence-corrected chi connectivity index (χ0v) is 24.5. The molecule has 2 unspecified atom stereocenters. The van der Waals surface area contributed by atoms with Gasteiger partial charge < -0.3 is 4.74 Å². The largest absolute Gasteiger partial charge is 2.00 e. The first-order valence-corrected chi connectivity index (χ1v) is 15.4. The fourth-order valence-corrected chi connectivity index (χ4v) is 12.5. The molecule has 0 radical (unpaired) electrons. The molecule has 3 fully saturated rings. The normalized spacial score (nSPS) is 28.8. The van der Waals surface area contributed by atoms with Gasteiger partial charge >= 0.3 is 19.5 Å². The van der Waals surface area contributed by atoms with Gasteiger partial charge in [-0.1, -0.05) is 64.6 Å². The van der Waals surface area contributed by atoms with Crippen molar-refractivity contribution in [3.63, 3.8) is 0 Å². The van der Waals surface area contributed by atoms with Crippen LogP contribution in [0, 0.1) is 0 Å². The topological polar surface area (TPSA) is 9.23 Å². The van der Waals surface area contributed by atoms with Gasteiger partial charge in [0.15, 0.2) is 0 Å². The Bertz CT molecular complexity index is 755. The number of para-hydroxylation sites is 1. The third kappa shape index (κ3) is 6.79. The van der Waals surface area contributed by atoms with Crippen molar-refractivity contribution in [2.75, 3.05) is 0 Å². The first-order chi connectivity index (χ1) is 15.5. The molecule has 0 spiro atoms. The summed E-state index contributed by atoms with van der Waals surface area (Å²) in [5, 5.41) is 0.0329. The number of halogens is 2. The second kappa shape index (κ2) is 13.1. The van der Waals surface area contributed by atoms with Gasteiger partial charge in [-0.3, -0.25) is 0 Å². The average molecular weight is 597 g/mol. The van der Waals surface area contributed by atoms with Crippen LogP contribution in [0.4, 0.5) is 0 Å². The van der Waals surface area contributed by atoms with Crippen LogP contribution in [0.15, 0.2) is 29.8 Å². The van der Waals surface area contributed by atoms with E-state index in [1.165, 1.54) is 69.8 Å². The maximum absolute atomic E-state index is 7.91. The van der Waals surface area contributed by atoms with E-state index in [4.69, 9.17) is 27.9 Å². The molecule has 1 nitrogen and oxygen atoms in total. The third-order valence-corrected chi connectivity index (χ3v) is 13.0. The Morgan fingerprint density at radius 1 is 0.909 bits per heavy atom. The standard InChI is InChI=1S/C28H41Cl2OP.Ru/c1-21(2)31-27-18-10-9-12-22(27)20-25-26(29)17-11-19-28(25,30)32(23-13-5-3-6-14-23)24-15-7-4-8-16-24;/h9-10,12,18,20-21,23-24,26H,3-8,11,13-17,19H2,1-2H3;/q;+2. The zero-order chi connectivity index (χ0) is 22.6. The Labute approximate surface area is 226 Å². The molecule has 0 aliphatic heterocycles. The van der Waals surface area contributed by atoms with E-state index in [-0.39, 0.29) is 43.5 Å². The molecule has 0 heterocycles. The van der Waals surface area contributed by atoms with E-state index in [0.717, 1.165) is 41.9 Å². The van der Waals surface area contributed by atoms with Crippen molar-refractivity contribution in [2.24, 2.45) is 0 Å². The van der Waals surface area contributed by atoms with Crippen LogP contribution in [0.5, 0.6) is 5.75 Å². The first kappa shape index (κ1) is 28.0. The van der Waals surface area contributed by atoms with Crippen LogP contribution >= 0.6 is 31.1 Å². The Kier molecular flexibility index (Phi) is 11.1. The van der Waals surface area contributed by atoms with Crippen LogP contribution in [0.1, 0.15) is 103 Å². The van der Waals surface area contributed by atoms with Gasteiger partial charge in [0.1, 0.15) is 5.75 Å². The van der Waals surface area contributed by atoms with Crippen LogP contribution in [-0.2, 0) is 19.5 Å². The van der Waals surface area contributed by atoms with Crippen molar-refractivity contribution in [3.8, 4) is 5.75 Å². The van der Waals surface area contributed by atoms with E-state index in [0.29, 0.717) is 0 Å². The van der Waals surface area contributed by atoms with Gasteiger partial charge in [0.05, 0.1) is 16.1 Å². The maximum Gasteiger partial charge on any atom is 2.00 e. The van der Waals surface area contributed by atoms with Gasteiger partial charge in [-0.25, -0.2) is 0 Å². The summed E-state index contributed by atoms with van der Waals surface area (Å²) in [6, 6.07) is 8.42. The Balaban J connectivity index is 0.00000306. The van der Waals surface area contributed by atoms with Crippen LogP contribution < -0.4 is 4.74 Å². The molecule has 3 saturated carbocycles. The third-order valence-electron chi connectivity index (χ3n) is 7.68. The summed E-state index contributed by atoms with van der Waals surface area (Å²) >= 11 is 15.0. The molecule has 1 aromatic rings. The molecular formula is C28H41Cl2OPRu+2. The second-order valence-corrected chi connectivity index (χ2v) is 14.9. The van der Waals surface area contributed by atoms with Crippen molar-refractivity contribution in [1.29, 1.82) is 0 Å². The molecule has 2 atom stereocenters. The van der Waals surface area contributed by atoms with E-state index in [2.05, 4.69) is 44.2 Å². The fraction of sp³-hybridized carbons (Fsp3) is 0.714. The molecule has 0 aromatic heterocycles. The number of ether oxygens (including phenoxy) is 1. The minimum atomic E-state index is -0.314. The van der Waals surface area contributed by atoms with Crippen molar-refractivity contribution in [2.45, 2.75) is 125 Å². The number of benzene rings is 1.